The molecule has 3 heteroatoms. The standard InChI is InChI=1S/C14H22N2O/c15-10-13-6-7-14(17)16(11-13)9-8-12-4-2-1-3-5-12/h12-13H,1-9,11H2. The Morgan fingerprint density at radius 2 is 2.00 bits per heavy atom. The summed E-state index contributed by atoms with van der Waals surface area (Å²) in [5.41, 5.74) is 0. The molecule has 94 valence electrons. The summed E-state index contributed by atoms with van der Waals surface area (Å²) in [7, 11) is 0. The molecular formula is C14H22N2O. The molecule has 0 radical (unpaired) electrons. The minimum absolute atomic E-state index is 0.0686. The first-order chi connectivity index (χ1) is 8.29. The summed E-state index contributed by atoms with van der Waals surface area (Å²) in [6, 6.07) is 2.30. The van der Waals surface area contributed by atoms with Crippen LogP contribution in [0.25, 0.3) is 0 Å². The number of carbonyl (C=O) groups excluding carboxylic acids is 1. The minimum Gasteiger partial charge on any atom is -0.341 e. The molecule has 1 aliphatic carbocycles. The highest BCUT2D eigenvalue weighted by Crippen LogP contribution is 2.27. The number of rotatable bonds is 3. The SMILES string of the molecule is N#CC1CCC(=O)N(CCC2CCCCC2)C1. The van der Waals surface area contributed by atoms with Gasteiger partial charge in [-0.2, -0.15) is 5.26 Å². The van der Waals surface area contributed by atoms with Crippen molar-refractivity contribution in [1.29, 1.82) is 5.26 Å². The second kappa shape index (κ2) is 6.05. The lowest BCUT2D eigenvalue weighted by Gasteiger charge is -2.31. The molecule has 2 fully saturated rings. The van der Waals surface area contributed by atoms with Gasteiger partial charge in [0.25, 0.3) is 0 Å². The first kappa shape index (κ1) is 12.4. The molecule has 17 heavy (non-hydrogen) atoms. The van der Waals surface area contributed by atoms with Crippen LogP contribution in [0.4, 0.5) is 0 Å². The Morgan fingerprint density at radius 1 is 1.24 bits per heavy atom. The predicted molar refractivity (Wildman–Crippen MR) is 66.1 cm³/mol. The fourth-order valence-corrected chi connectivity index (χ4v) is 3.05. The van der Waals surface area contributed by atoms with Crippen LogP contribution < -0.4 is 0 Å². The molecule has 0 spiro atoms. The van der Waals surface area contributed by atoms with Gasteiger partial charge in [-0.3, -0.25) is 4.79 Å². The molecule has 0 N–H and O–H groups in total. The van der Waals surface area contributed by atoms with Crippen LogP contribution in [-0.4, -0.2) is 23.9 Å². The largest absolute Gasteiger partial charge is 0.341 e. The normalized spacial score (nSPS) is 26.9. The Labute approximate surface area is 104 Å². The third-order valence-electron chi connectivity index (χ3n) is 4.21. The molecule has 1 unspecified atom stereocenters. The van der Waals surface area contributed by atoms with E-state index in [9.17, 15) is 4.79 Å². The Bertz CT molecular complexity index is 302. The van der Waals surface area contributed by atoms with Crippen LogP contribution >= 0.6 is 0 Å². The van der Waals surface area contributed by atoms with Crippen molar-refractivity contribution in [2.75, 3.05) is 13.1 Å². The van der Waals surface area contributed by atoms with Crippen molar-refractivity contribution in [3.8, 4) is 6.07 Å². The Kier molecular flexibility index (Phi) is 4.42. The molecule has 0 aromatic rings. The van der Waals surface area contributed by atoms with Crippen LogP contribution in [0.3, 0.4) is 0 Å². The van der Waals surface area contributed by atoms with E-state index in [-0.39, 0.29) is 11.8 Å². The highest BCUT2D eigenvalue weighted by molar-refractivity contribution is 5.77. The molecule has 1 saturated heterocycles. The molecule has 1 saturated carbocycles. The van der Waals surface area contributed by atoms with Crippen LogP contribution in [0, 0.1) is 23.2 Å². The lowest BCUT2D eigenvalue weighted by atomic mass is 9.86. The molecule has 1 amide bonds. The zero-order valence-electron chi connectivity index (χ0n) is 10.5. The van der Waals surface area contributed by atoms with Gasteiger partial charge in [-0.1, -0.05) is 32.1 Å². The molecule has 0 aromatic carbocycles. The average molecular weight is 234 g/mol. The second-order valence-corrected chi connectivity index (χ2v) is 5.50. The Morgan fingerprint density at radius 3 is 2.71 bits per heavy atom. The average Bonchev–Trinajstić information content (AvgIpc) is 2.39. The third kappa shape index (κ3) is 3.46. The van der Waals surface area contributed by atoms with Gasteiger partial charge in [0.1, 0.15) is 0 Å². The molecule has 1 heterocycles. The smallest absolute Gasteiger partial charge is 0.222 e. The monoisotopic (exact) mass is 234 g/mol. The first-order valence-electron chi connectivity index (χ1n) is 6.97. The van der Waals surface area contributed by atoms with E-state index >= 15 is 0 Å². The fourth-order valence-electron chi connectivity index (χ4n) is 3.05. The molecule has 1 atom stereocenters. The molecule has 1 aliphatic heterocycles. The lowest BCUT2D eigenvalue weighted by Crippen LogP contribution is -2.40. The van der Waals surface area contributed by atoms with E-state index in [0.717, 1.165) is 25.3 Å². The van der Waals surface area contributed by atoms with E-state index in [4.69, 9.17) is 5.26 Å². The maximum absolute atomic E-state index is 11.7. The summed E-state index contributed by atoms with van der Waals surface area (Å²) in [4.78, 5) is 13.7. The van der Waals surface area contributed by atoms with E-state index in [0.29, 0.717) is 13.0 Å². The van der Waals surface area contributed by atoms with Crippen LogP contribution in [0.15, 0.2) is 0 Å². The Balaban J connectivity index is 1.76. The van der Waals surface area contributed by atoms with Crippen molar-refractivity contribution in [3.63, 3.8) is 0 Å². The molecule has 0 bridgehead atoms. The van der Waals surface area contributed by atoms with Crippen molar-refractivity contribution < 1.29 is 4.79 Å². The van der Waals surface area contributed by atoms with Gasteiger partial charge in [0.05, 0.1) is 12.0 Å². The first-order valence-corrected chi connectivity index (χ1v) is 6.97. The molecule has 2 aliphatic rings. The number of amides is 1. The summed E-state index contributed by atoms with van der Waals surface area (Å²) < 4.78 is 0. The predicted octanol–water partition coefficient (Wildman–Crippen LogP) is 2.72. The molecular weight excluding hydrogens is 212 g/mol. The van der Waals surface area contributed by atoms with Crippen molar-refractivity contribution in [1.82, 2.24) is 4.90 Å². The Hall–Kier alpha value is -1.04. The zero-order chi connectivity index (χ0) is 12.1. The number of likely N-dealkylation sites (tertiary alicyclic amines) is 1. The fraction of sp³-hybridized carbons (Fsp3) is 0.857. The van der Waals surface area contributed by atoms with Gasteiger partial charge in [0.2, 0.25) is 5.91 Å². The van der Waals surface area contributed by atoms with Crippen molar-refractivity contribution in [2.45, 2.75) is 51.4 Å². The summed E-state index contributed by atoms with van der Waals surface area (Å²) in [5, 5.41) is 8.92. The zero-order valence-corrected chi connectivity index (χ0v) is 10.5. The van der Waals surface area contributed by atoms with Gasteiger partial charge in [0.15, 0.2) is 0 Å². The van der Waals surface area contributed by atoms with Crippen molar-refractivity contribution in [2.24, 2.45) is 11.8 Å². The van der Waals surface area contributed by atoms with Crippen molar-refractivity contribution in [3.05, 3.63) is 0 Å². The minimum atomic E-state index is 0.0686. The van der Waals surface area contributed by atoms with E-state index in [1.54, 1.807) is 0 Å². The van der Waals surface area contributed by atoms with Gasteiger partial charge < -0.3 is 4.90 Å². The number of hydrogen-bond donors (Lipinski definition) is 0. The number of nitriles is 1. The third-order valence-corrected chi connectivity index (χ3v) is 4.21. The van der Waals surface area contributed by atoms with Gasteiger partial charge in [0, 0.05) is 19.5 Å². The number of nitrogens with zero attached hydrogens (tertiary/aromatic N) is 2. The molecule has 0 aromatic heterocycles. The topological polar surface area (TPSA) is 44.1 Å². The quantitative estimate of drug-likeness (QED) is 0.753. The summed E-state index contributed by atoms with van der Waals surface area (Å²) in [6.07, 6.45) is 9.25. The summed E-state index contributed by atoms with van der Waals surface area (Å²) in [6.45, 7) is 1.55. The number of hydrogen-bond acceptors (Lipinski definition) is 2. The van der Waals surface area contributed by atoms with E-state index < -0.39 is 0 Å². The molecule has 3 nitrogen and oxygen atoms in total. The van der Waals surface area contributed by atoms with E-state index in [1.165, 1.54) is 32.1 Å². The van der Waals surface area contributed by atoms with E-state index in [2.05, 4.69) is 6.07 Å². The van der Waals surface area contributed by atoms with Gasteiger partial charge >= 0.3 is 0 Å². The maximum Gasteiger partial charge on any atom is 0.222 e. The summed E-state index contributed by atoms with van der Waals surface area (Å²) >= 11 is 0. The number of piperidine rings is 1. The van der Waals surface area contributed by atoms with Crippen LogP contribution in [0.2, 0.25) is 0 Å². The lowest BCUT2D eigenvalue weighted by molar-refractivity contribution is -0.134. The van der Waals surface area contributed by atoms with Gasteiger partial charge in [-0.25, -0.2) is 0 Å². The van der Waals surface area contributed by atoms with Gasteiger partial charge in [-0.05, 0) is 18.8 Å². The van der Waals surface area contributed by atoms with E-state index in [1.807, 2.05) is 4.90 Å². The van der Waals surface area contributed by atoms with Crippen LogP contribution in [0.1, 0.15) is 51.4 Å². The van der Waals surface area contributed by atoms with Crippen LogP contribution in [-0.2, 0) is 4.79 Å². The summed E-state index contributed by atoms with van der Waals surface area (Å²) in [5.74, 6) is 1.14. The maximum atomic E-state index is 11.7. The van der Waals surface area contributed by atoms with Gasteiger partial charge in [-0.15, -0.1) is 0 Å². The van der Waals surface area contributed by atoms with Crippen LogP contribution in [0.5, 0.6) is 0 Å². The highest BCUT2D eigenvalue weighted by atomic mass is 16.2. The second-order valence-electron chi connectivity index (χ2n) is 5.50. The highest BCUT2D eigenvalue weighted by Gasteiger charge is 2.26. The van der Waals surface area contributed by atoms with Crippen molar-refractivity contribution >= 4 is 5.91 Å². The number of carbonyl (C=O) groups is 1. The molecule has 2 rings (SSSR count).